The van der Waals surface area contributed by atoms with Crippen LogP contribution in [0.3, 0.4) is 0 Å². The van der Waals surface area contributed by atoms with E-state index in [1.54, 1.807) is 7.11 Å². The number of nitrogens with one attached hydrogen (secondary N) is 1. The third-order valence-corrected chi connectivity index (χ3v) is 3.73. The Kier molecular flexibility index (Phi) is 4.86. The van der Waals surface area contributed by atoms with Crippen molar-refractivity contribution in [3.63, 3.8) is 0 Å². The molecular weight excluding hydrogens is 296 g/mol. The number of morpholine rings is 1. The lowest BCUT2D eigenvalue weighted by atomic mass is 10.2. The second-order valence-electron chi connectivity index (χ2n) is 4.48. The summed E-state index contributed by atoms with van der Waals surface area (Å²) in [5.74, 6) is 0.849. The Balaban J connectivity index is 1.92. The molecule has 0 spiro atoms. The minimum absolute atomic E-state index is 0.238. The molecule has 1 N–H and O–H groups in total. The fraction of sp³-hybridized carbons (Fsp3) is 0.538. The van der Waals surface area contributed by atoms with Crippen molar-refractivity contribution in [3.8, 4) is 5.75 Å². The fourth-order valence-corrected chi connectivity index (χ4v) is 2.37. The molecule has 0 amide bonds. The van der Waals surface area contributed by atoms with Gasteiger partial charge in [-0.1, -0.05) is 0 Å². The summed E-state index contributed by atoms with van der Waals surface area (Å²) in [6, 6.07) is 5.89. The van der Waals surface area contributed by atoms with Crippen LogP contribution in [0.5, 0.6) is 5.75 Å². The molecule has 1 aromatic rings. The van der Waals surface area contributed by atoms with Crippen LogP contribution in [0.1, 0.15) is 0 Å². The van der Waals surface area contributed by atoms with E-state index in [1.165, 1.54) is 0 Å². The number of anilines is 1. The molecule has 100 valence electrons. The van der Waals surface area contributed by atoms with Gasteiger partial charge in [-0.25, -0.2) is 0 Å². The molecule has 1 aromatic carbocycles. The molecule has 2 rings (SSSR count). The highest BCUT2D eigenvalue weighted by Crippen LogP contribution is 2.27. The standard InChI is InChI=1S/C13H19BrN2O2/c1-16-5-6-18-11(9-16)8-15-13-7-10(17-2)3-4-12(13)14/h3-4,7,11,15H,5-6,8-9H2,1-2H3. The Morgan fingerprint density at radius 1 is 1.56 bits per heavy atom. The van der Waals surface area contributed by atoms with Gasteiger partial charge in [0.25, 0.3) is 0 Å². The summed E-state index contributed by atoms with van der Waals surface area (Å²) in [7, 11) is 3.79. The first kappa shape index (κ1) is 13.6. The summed E-state index contributed by atoms with van der Waals surface area (Å²) >= 11 is 3.53. The van der Waals surface area contributed by atoms with Gasteiger partial charge in [-0.3, -0.25) is 0 Å². The van der Waals surface area contributed by atoms with Gasteiger partial charge in [0.05, 0.1) is 25.5 Å². The third-order valence-electron chi connectivity index (χ3n) is 3.04. The van der Waals surface area contributed by atoms with Crippen LogP contribution in [-0.4, -0.2) is 51.4 Å². The van der Waals surface area contributed by atoms with Crippen molar-refractivity contribution in [3.05, 3.63) is 22.7 Å². The van der Waals surface area contributed by atoms with Crippen LogP contribution in [-0.2, 0) is 4.74 Å². The zero-order valence-corrected chi connectivity index (χ0v) is 12.4. The molecule has 1 aliphatic heterocycles. The van der Waals surface area contributed by atoms with E-state index in [9.17, 15) is 0 Å². The number of halogens is 1. The molecule has 1 heterocycles. The van der Waals surface area contributed by atoms with Gasteiger partial charge >= 0.3 is 0 Å². The van der Waals surface area contributed by atoms with E-state index in [-0.39, 0.29) is 6.10 Å². The van der Waals surface area contributed by atoms with Crippen molar-refractivity contribution >= 4 is 21.6 Å². The van der Waals surface area contributed by atoms with Gasteiger partial charge in [0.1, 0.15) is 5.75 Å². The Labute approximate surface area is 116 Å². The molecule has 1 aliphatic rings. The molecule has 0 saturated carbocycles. The molecule has 1 saturated heterocycles. The SMILES string of the molecule is COc1ccc(Br)c(NCC2CN(C)CCO2)c1. The lowest BCUT2D eigenvalue weighted by Crippen LogP contribution is -2.43. The van der Waals surface area contributed by atoms with E-state index < -0.39 is 0 Å². The van der Waals surface area contributed by atoms with Crippen LogP contribution in [0.4, 0.5) is 5.69 Å². The second kappa shape index (κ2) is 6.41. The van der Waals surface area contributed by atoms with E-state index in [2.05, 4.69) is 33.2 Å². The zero-order chi connectivity index (χ0) is 13.0. The molecule has 1 unspecified atom stereocenters. The summed E-state index contributed by atoms with van der Waals surface area (Å²) in [5.41, 5.74) is 1.03. The highest BCUT2D eigenvalue weighted by molar-refractivity contribution is 9.10. The number of likely N-dealkylation sites (N-methyl/N-ethyl adjacent to an activating group) is 1. The molecule has 1 fully saturated rings. The quantitative estimate of drug-likeness (QED) is 0.924. The van der Waals surface area contributed by atoms with Crippen molar-refractivity contribution in [2.24, 2.45) is 0 Å². The summed E-state index contributed by atoms with van der Waals surface area (Å²) in [5, 5.41) is 3.40. The number of methoxy groups -OCH3 is 1. The van der Waals surface area contributed by atoms with Crippen LogP contribution < -0.4 is 10.1 Å². The Morgan fingerprint density at radius 3 is 3.11 bits per heavy atom. The maximum atomic E-state index is 5.72. The molecule has 1 atom stereocenters. The van der Waals surface area contributed by atoms with Crippen LogP contribution in [0.2, 0.25) is 0 Å². The number of nitrogens with zero attached hydrogens (tertiary/aromatic N) is 1. The number of rotatable bonds is 4. The van der Waals surface area contributed by atoms with Crippen LogP contribution in [0.25, 0.3) is 0 Å². The summed E-state index contributed by atoms with van der Waals surface area (Å²) in [6.07, 6.45) is 0.238. The van der Waals surface area contributed by atoms with Crippen molar-refractivity contribution in [1.29, 1.82) is 0 Å². The summed E-state index contributed by atoms with van der Waals surface area (Å²) in [6.45, 7) is 3.59. The molecule has 4 nitrogen and oxygen atoms in total. The number of ether oxygens (including phenoxy) is 2. The highest BCUT2D eigenvalue weighted by atomic mass is 79.9. The van der Waals surface area contributed by atoms with Crippen LogP contribution in [0, 0.1) is 0 Å². The van der Waals surface area contributed by atoms with Crippen LogP contribution in [0.15, 0.2) is 22.7 Å². The number of benzene rings is 1. The maximum absolute atomic E-state index is 5.72. The van der Waals surface area contributed by atoms with E-state index in [4.69, 9.17) is 9.47 Å². The predicted molar refractivity (Wildman–Crippen MR) is 76.4 cm³/mol. The van der Waals surface area contributed by atoms with Crippen molar-refractivity contribution in [2.75, 3.05) is 45.7 Å². The minimum atomic E-state index is 0.238. The molecule has 18 heavy (non-hydrogen) atoms. The molecule has 0 aliphatic carbocycles. The number of hydrogen-bond acceptors (Lipinski definition) is 4. The fourth-order valence-electron chi connectivity index (χ4n) is 1.98. The second-order valence-corrected chi connectivity index (χ2v) is 5.34. The van der Waals surface area contributed by atoms with Crippen molar-refractivity contribution in [1.82, 2.24) is 4.90 Å². The topological polar surface area (TPSA) is 33.7 Å². The van der Waals surface area contributed by atoms with E-state index in [0.29, 0.717) is 0 Å². The predicted octanol–water partition coefficient (Wildman–Crippen LogP) is 2.20. The average Bonchev–Trinajstić information content (AvgIpc) is 2.38. The molecule has 0 aromatic heterocycles. The minimum Gasteiger partial charge on any atom is -0.497 e. The first-order chi connectivity index (χ1) is 8.69. The lowest BCUT2D eigenvalue weighted by molar-refractivity contribution is -0.0117. The van der Waals surface area contributed by atoms with Gasteiger partial charge in [-0.2, -0.15) is 0 Å². The van der Waals surface area contributed by atoms with Gasteiger partial charge in [-0.05, 0) is 35.1 Å². The van der Waals surface area contributed by atoms with Crippen molar-refractivity contribution in [2.45, 2.75) is 6.10 Å². The average molecular weight is 315 g/mol. The highest BCUT2D eigenvalue weighted by Gasteiger charge is 2.17. The smallest absolute Gasteiger partial charge is 0.121 e. The third kappa shape index (κ3) is 3.60. The largest absolute Gasteiger partial charge is 0.497 e. The first-order valence-electron chi connectivity index (χ1n) is 6.06. The monoisotopic (exact) mass is 314 g/mol. The van der Waals surface area contributed by atoms with Crippen molar-refractivity contribution < 1.29 is 9.47 Å². The van der Waals surface area contributed by atoms with Gasteiger partial charge in [0.2, 0.25) is 0 Å². The Hall–Kier alpha value is -0.780. The lowest BCUT2D eigenvalue weighted by Gasteiger charge is -2.30. The molecule has 5 heteroatoms. The summed E-state index contributed by atoms with van der Waals surface area (Å²) < 4.78 is 12.0. The van der Waals surface area contributed by atoms with Gasteiger partial charge in [0.15, 0.2) is 0 Å². The van der Waals surface area contributed by atoms with E-state index in [1.807, 2.05) is 18.2 Å². The molecule has 0 bridgehead atoms. The van der Waals surface area contributed by atoms with Gasteiger partial charge in [0, 0.05) is 30.2 Å². The maximum Gasteiger partial charge on any atom is 0.121 e. The zero-order valence-electron chi connectivity index (χ0n) is 10.8. The Bertz CT molecular complexity index is 401. The van der Waals surface area contributed by atoms with E-state index in [0.717, 1.165) is 42.2 Å². The first-order valence-corrected chi connectivity index (χ1v) is 6.86. The molecule has 0 radical (unpaired) electrons. The van der Waals surface area contributed by atoms with Gasteiger partial charge in [-0.15, -0.1) is 0 Å². The van der Waals surface area contributed by atoms with Crippen LogP contribution >= 0.6 is 15.9 Å². The summed E-state index contributed by atoms with van der Waals surface area (Å²) in [4.78, 5) is 2.29. The van der Waals surface area contributed by atoms with E-state index >= 15 is 0 Å². The molecular formula is C13H19BrN2O2. The Morgan fingerprint density at radius 2 is 2.39 bits per heavy atom. The number of hydrogen-bond donors (Lipinski definition) is 1. The van der Waals surface area contributed by atoms with Gasteiger partial charge < -0.3 is 19.7 Å². The normalized spacial score (nSPS) is 20.7.